The van der Waals surface area contributed by atoms with Crippen molar-refractivity contribution < 1.29 is 9.16 Å². The molecule has 1 aliphatic heterocycles. The minimum atomic E-state index is -2.18. The molecule has 0 fully saturated rings. The average molecular weight is 425 g/mol. The molecule has 0 bridgehead atoms. The summed E-state index contributed by atoms with van der Waals surface area (Å²) >= 11 is 0. The Kier molecular flexibility index (Phi) is 5.84. The fraction of sp³-hybridized carbons (Fsp3) is 0.700. The molecule has 0 aliphatic carbocycles. The molecule has 148 valence electrons. The van der Waals surface area contributed by atoms with Gasteiger partial charge in [0, 0.05) is 23.3 Å². The van der Waals surface area contributed by atoms with Crippen LogP contribution < -0.4 is 5.19 Å². The van der Waals surface area contributed by atoms with Crippen molar-refractivity contribution in [2.75, 3.05) is 7.11 Å². The van der Waals surface area contributed by atoms with E-state index in [1.165, 1.54) is 11.1 Å². The lowest BCUT2D eigenvalue weighted by atomic mass is 10.1. The van der Waals surface area contributed by atoms with E-state index in [1.54, 1.807) is 5.19 Å². The molecule has 2 nitrogen and oxygen atoms in total. The average Bonchev–Trinajstić information content (AvgIpc) is 2.86. The maximum absolute atomic E-state index is 7.20. The first-order valence-corrected chi connectivity index (χ1v) is 23.3. The molecular weight excluding hydrogens is 385 g/mol. The molecule has 0 aromatic heterocycles. The summed E-state index contributed by atoms with van der Waals surface area (Å²) in [7, 11) is -5.00. The summed E-state index contributed by atoms with van der Waals surface area (Å²) in [5, 5.41) is 1.63. The Morgan fingerprint density at radius 1 is 1.00 bits per heavy atom. The van der Waals surface area contributed by atoms with Crippen molar-refractivity contribution in [3.05, 3.63) is 29.3 Å². The Hall–Kier alpha value is 0.00753. The van der Waals surface area contributed by atoms with Crippen LogP contribution in [0.3, 0.4) is 0 Å². The van der Waals surface area contributed by atoms with E-state index < -0.39 is 31.6 Å². The molecule has 2 rings (SSSR count). The van der Waals surface area contributed by atoms with Gasteiger partial charge in [-0.25, -0.2) is 0 Å². The summed E-state index contributed by atoms with van der Waals surface area (Å²) < 4.78 is 13.2. The first-order chi connectivity index (χ1) is 11.6. The zero-order valence-electron chi connectivity index (χ0n) is 19.0. The topological polar surface area (TPSA) is 18.5 Å². The van der Waals surface area contributed by atoms with Crippen molar-refractivity contribution in [1.82, 2.24) is 0 Å². The predicted octanol–water partition coefficient (Wildman–Crippen LogP) is 5.45. The summed E-state index contributed by atoms with van der Waals surface area (Å²) in [5.41, 5.74) is 2.86. The second-order valence-electron chi connectivity index (χ2n) is 11.2. The van der Waals surface area contributed by atoms with Crippen molar-refractivity contribution >= 4 is 36.8 Å². The first-order valence-electron chi connectivity index (χ1n) is 9.89. The molecule has 1 atom stereocenters. The van der Waals surface area contributed by atoms with E-state index in [9.17, 15) is 0 Å². The summed E-state index contributed by atoms with van der Waals surface area (Å²) in [4.78, 5) is 0. The zero-order valence-corrected chi connectivity index (χ0v) is 23.0. The molecule has 1 aliphatic rings. The lowest BCUT2D eigenvalue weighted by Gasteiger charge is -2.62. The highest BCUT2D eigenvalue weighted by atomic mass is 29.3. The van der Waals surface area contributed by atoms with Crippen LogP contribution in [-0.4, -0.2) is 38.7 Å². The number of rotatable bonds is 6. The second-order valence-corrected chi connectivity index (χ2v) is 38.0. The fourth-order valence-corrected chi connectivity index (χ4v) is 52.2. The van der Waals surface area contributed by atoms with Crippen LogP contribution in [0.4, 0.5) is 0 Å². The van der Waals surface area contributed by atoms with E-state index in [2.05, 4.69) is 84.0 Å². The molecule has 26 heavy (non-hydrogen) atoms. The van der Waals surface area contributed by atoms with Gasteiger partial charge in [0.25, 0.3) is 0 Å². The van der Waals surface area contributed by atoms with Crippen molar-refractivity contribution in [3.8, 4) is 0 Å². The van der Waals surface area contributed by atoms with Crippen LogP contribution in [-0.2, 0) is 22.4 Å². The second kappa shape index (κ2) is 6.81. The minimum absolute atomic E-state index is 0.368. The number of benzene rings is 1. The molecule has 0 radical (unpaired) electrons. The van der Waals surface area contributed by atoms with Crippen LogP contribution in [0.2, 0.25) is 63.2 Å². The van der Waals surface area contributed by atoms with E-state index in [1.807, 2.05) is 7.11 Å². The molecule has 0 saturated carbocycles. The van der Waals surface area contributed by atoms with Crippen LogP contribution in [0.15, 0.2) is 18.2 Å². The SMILES string of the molecule is COCc1cccc2c1[Si](C(C)([Si](C)(C)C)[Si](C)(C)C)([Si](C)(C)C)OC2. The molecule has 0 saturated heterocycles. The molecule has 1 heterocycles. The first kappa shape index (κ1) is 22.3. The zero-order chi connectivity index (χ0) is 20.2. The maximum Gasteiger partial charge on any atom is 0.211 e. The van der Waals surface area contributed by atoms with Gasteiger partial charge in [0.2, 0.25) is 7.83 Å². The minimum Gasteiger partial charge on any atom is -0.411 e. The third-order valence-corrected chi connectivity index (χ3v) is 40.2. The van der Waals surface area contributed by atoms with Crippen molar-refractivity contribution in [1.29, 1.82) is 0 Å². The van der Waals surface area contributed by atoms with Crippen LogP contribution in [0.25, 0.3) is 0 Å². The van der Waals surface area contributed by atoms with E-state index in [4.69, 9.17) is 9.16 Å². The standard InChI is InChI=1S/C20H40O2Si4/c1-20(23(3,4)5,24(6,7)8)26(25(9,10)11)19-17(15-21-2)13-12-14-18(19)16-22-26/h12-14H,15-16H2,1-11H3. The van der Waals surface area contributed by atoms with Gasteiger partial charge in [-0.15, -0.1) is 0 Å². The van der Waals surface area contributed by atoms with Gasteiger partial charge in [-0.2, -0.15) is 0 Å². The number of fused-ring (bicyclic) bond motifs is 1. The summed E-state index contributed by atoms with van der Waals surface area (Å²) in [6.07, 6.45) is 0. The van der Waals surface area contributed by atoms with Crippen molar-refractivity contribution in [3.63, 3.8) is 0 Å². The molecule has 1 aromatic carbocycles. The van der Waals surface area contributed by atoms with Gasteiger partial charge < -0.3 is 9.16 Å². The molecule has 6 heteroatoms. The Labute approximate surface area is 165 Å². The monoisotopic (exact) mass is 424 g/mol. The molecule has 0 spiro atoms. The van der Waals surface area contributed by atoms with Gasteiger partial charge in [-0.3, -0.25) is 0 Å². The normalized spacial score (nSPS) is 21.8. The van der Waals surface area contributed by atoms with E-state index in [0.29, 0.717) is 10.9 Å². The Morgan fingerprint density at radius 3 is 1.96 bits per heavy atom. The predicted molar refractivity (Wildman–Crippen MR) is 126 cm³/mol. The van der Waals surface area contributed by atoms with Gasteiger partial charge in [0.15, 0.2) is 0 Å². The molecular formula is C20H40O2Si4. The highest BCUT2D eigenvalue weighted by molar-refractivity contribution is 7.50. The molecule has 0 amide bonds. The largest absolute Gasteiger partial charge is 0.411 e. The van der Waals surface area contributed by atoms with Gasteiger partial charge in [-0.1, -0.05) is 84.0 Å². The third kappa shape index (κ3) is 3.01. The van der Waals surface area contributed by atoms with E-state index in [0.717, 1.165) is 6.61 Å². The van der Waals surface area contributed by atoms with Crippen LogP contribution in [0, 0.1) is 0 Å². The van der Waals surface area contributed by atoms with Crippen LogP contribution >= 0.6 is 0 Å². The Morgan fingerprint density at radius 2 is 1.54 bits per heavy atom. The number of methoxy groups -OCH3 is 1. The van der Waals surface area contributed by atoms with Crippen molar-refractivity contribution in [2.45, 2.75) is 83.3 Å². The van der Waals surface area contributed by atoms with E-state index >= 15 is 0 Å². The van der Waals surface area contributed by atoms with Gasteiger partial charge in [0.1, 0.15) is 0 Å². The quantitative estimate of drug-likeness (QED) is 0.565. The van der Waals surface area contributed by atoms with Gasteiger partial charge in [-0.05, 0) is 20.6 Å². The van der Waals surface area contributed by atoms with Crippen LogP contribution in [0.1, 0.15) is 18.1 Å². The highest BCUT2D eigenvalue weighted by Gasteiger charge is 2.71. The number of hydrogen-bond donors (Lipinski definition) is 0. The highest BCUT2D eigenvalue weighted by Crippen LogP contribution is 2.58. The fourth-order valence-electron chi connectivity index (χ4n) is 5.68. The summed E-state index contributed by atoms with van der Waals surface area (Å²) in [5.74, 6) is 0. The molecule has 1 aromatic rings. The van der Waals surface area contributed by atoms with E-state index in [-0.39, 0.29) is 0 Å². The summed E-state index contributed by atoms with van der Waals surface area (Å²) in [6, 6.07) is 6.82. The van der Waals surface area contributed by atoms with Crippen LogP contribution in [0.5, 0.6) is 0 Å². The van der Waals surface area contributed by atoms with Gasteiger partial charge in [0.05, 0.1) is 20.8 Å². The Bertz CT molecular complexity index is 654. The lowest BCUT2D eigenvalue weighted by Crippen LogP contribution is -2.81. The van der Waals surface area contributed by atoms with Crippen molar-refractivity contribution in [2.24, 2.45) is 0 Å². The Balaban J connectivity index is 2.98. The molecule has 0 N–H and O–H groups in total. The summed E-state index contributed by atoms with van der Waals surface area (Å²) in [6.45, 7) is 27.5. The number of ether oxygens (including phenoxy) is 1. The molecule has 1 unspecified atom stereocenters. The maximum atomic E-state index is 7.20. The van der Waals surface area contributed by atoms with Gasteiger partial charge >= 0.3 is 0 Å². The lowest BCUT2D eigenvalue weighted by molar-refractivity contribution is 0.185. The number of hydrogen-bond acceptors (Lipinski definition) is 2. The smallest absolute Gasteiger partial charge is 0.211 e. The third-order valence-electron chi connectivity index (χ3n) is 7.09.